The van der Waals surface area contributed by atoms with Crippen LogP contribution in [-0.2, 0) is 14.3 Å². The normalized spacial score (nSPS) is 19.9. The molecule has 0 amide bonds. The predicted octanol–water partition coefficient (Wildman–Crippen LogP) is 4.91. The van der Waals surface area contributed by atoms with Crippen molar-refractivity contribution in [2.24, 2.45) is 10.9 Å². The predicted molar refractivity (Wildman–Crippen MR) is 106 cm³/mol. The van der Waals surface area contributed by atoms with Gasteiger partial charge >= 0.3 is 5.97 Å². The van der Waals surface area contributed by atoms with E-state index in [9.17, 15) is 9.59 Å². The molecule has 1 aliphatic rings. The van der Waals surface area contributed by atoms with Crippen LogP contribution in [0.2, 0.25) is 5.02 Å². The molecule has 3 rings (SSSR count). The van der Waals surface area contributed by atoms with E-state index in [1.165, 1.54) is 11.8 Å². The van der Waals surface area contributed by atoms with Gasteiger partial charge in [0.2, 0.25) is 0 Å². The molecule has 26 heavy (non-hydrogen) atoms. The summed E-state index contributed by atoms with van der Waals surface area (Å²) in [5.74, 6) is -1.88. The number of ketones is 1. The number of rotatable bonds is 4. The Morgan fingerprint density at radius 1 is 1.19 bits per heavy atom. The number of carbonyl (C=O) groups excluding carboxylic acids is 2. The van der Waals surface area contributed by atoms with Gasteiger partial charge in [-0.2, -0.15) is 0 Å². The lowest BCUT2D eigenvalue weighted by Gasteiger charge is -2.07. The summed E-state index contributed by atoms with van der Waals surface area (Å²) >= 11 is 7.10. The number of aliphatic imine (C=N–C) groups is 1. The molecule has 0 bridgehead atoms. The number of nitrogens with zero attached hydrogens (tertiary/aromatic N) is 1. The summed E-state index contributed by atoms with van der Waals surface area (Å²) in [5, 5.41) is 1.01. The van der Waals surface area contributed by atoms with Crippen molar-refractivity contribution >= 4 is 51.9 Å². The van der Waals surface area contributed by atoms with Crippen molar-refractivity contribution in [3.8, 4) is 0 Å². The van der Waals surface area contributed by atoms with Crippen molar-refractivity contribution < 1.29 is 14.3 Å². The van der Waals surface area contributed by atoms with E-state index >= 15 is 0 Å². The van der Waals surface area contributed by atoms with Crippen molar-refractivity contribution in [3.05, 3.63) is 70.1 Å². The Kier molecular flexibility index (Phi) is 5.91. The molecule has 1 atom stereocenters. The van der Waals surface area contributed by atoms with Crippen LogP contribution in [0.25, 0.3) is 6.08 Å². The first-order valence-corrected chi connectivity index (χ1v) is 9.27. The Balaban J connectivity index is 1.97. The molecule has 0 spiro atoms. The third-order valence-corrected chi connectivity index (χ3v) is 4.98. The maximum atomic E-state index is 12.8. The zero-order valence-electron chi connectivity index (χ0n) is 14.0. The van der Waals surface area contributed by atoms with Crippen LogP contribution >= 0.6 is 23.4 Å². The van der Waals surface area contributed by atoms with Gasteiger partial charge in [-0.25, -0.2) is 4.99 Å². The number of hydrogen-bond donors (Lipinski definition) is 0. The zero-order chi connectivity index (χ0) is 18.5. The highest BCUT2D eigenvalue weighted by Gasteiger charge is 2.42. The van der Waals surface area contributed by atoms with Crippen molar-refractivity contribution in [1.29, 1.82) is 0 Å². The number of halogens is 1. The number of benzene rings is 2. The SMILES string of the molecule is CCOC(=O)C1C(=O)/C(=C/c2ccccc2)SC1=Nc1ccc(Cl)cc1. The summed E-state index contributed by atoms with van der Waals surface area (Å²) < 4.78 is 5.08. The fourth-order valence-corrected chi connectivity index (χ4v) is 3.68. The Morgan fingerprint density at radius 2 is 1.88 bits per heavy atom. The molecule has 4 nitrogen and oxygen atoms in total. The average Bonchev–Trinajstić information content (AvgIpc) is 2.93. The van der Waals surface area contributed by atoms with E-state index in [1.807, 2.05) is 30.3 Å². The van der Waals surface area contributed by atoms with Gasteiger partial charge in [-0.1, -0.05) is 53.7 Å². The largest absolute Gasteiger partial charge is 0.465 e. The first kappa shape index (κ1) is 18.4. The van der Waals surface area contributed by atoms with E-state index < -0.39 is 11.9 Å². The lowest BCUT2D eigenvalue weighted by molar-refractivity contribution is -0.147. The molecule has 1 aliphatic heterocycles. The molecule has 2 aromatic rings. The van der Waals surface area contributed by atoms with Crippen molar-refractivity contribution in [1.82, 2.24) is 0 Å². The second kappa shape index (κ2) is 8.34. The van der Waals surface area contributed by atoms with Gasteiger partial charge < -0.3 is 4.74 Å². The van der Waals surface area contributed by atoms with Crippen LogP contribution in [0.5, 0.6) is 0 Å². The number of esters is 1. The molecular weight excluding hydrogens is 370 g/mol. The Morgan fingerprint density at radius 3 is 2.54 bits per heavy atom. The van der Waals surface area contributed by atoms with Crippen LogP contribution in [0.4, 0.5) is 5.69 Å². The molecule has 0 saturated carbocycles. The molecular formula is C20H16ClNO3S. The van der Waals surface area contributed by atoms with Crippen LogP contribution in [-0.4, -0.2) is 23.4 Å². The fraction of sp³-hybridized carbons (Fsp3) is 0.150. The van der Waals surface area contributed by atoms with Crippen LogP contribution in [0, 0.1) is 5.92 Å². The first-order valence-electron chi connectivity index (χ1n) is 8.08. The Labute approximate surface area is 160 Å². The van der Waals surface area contributed by atoms with Gasteiger partial charge in [0.25, 0.3) is 0 Å². The number of ether oxygens (including phenoxy) is 1. The Bertz CT molecular complexity index is 876. The zero-order valence-corrected chi connectivity index (χ0v) is 15.6. The number of allylic oxidation sites excluding steroid dienone is 1. The van der Waals surface area contributed by atoms with E-state index in [1.54, 1.807) is 37.3 Å². The van der Waals surface area contributed by atoms with Gasteiger partial charge in [-0.05, 0) is 42.8 Å². The van der Waals surface area contributed by atoms with E-state index in [4.69, 9.17) is 16.3 Å². The number of Topliss-reactive ketones (excluding diaryl/α,β-unsaturated/α-hetero) is 1. The minimum Gasteiger partial charge on any atom is -0.465 e. The number of carbonyl (C=O) groups is 2. The average molecular weight is 386 g/mol. The third-order valence-electron chi connectivity index (χ3n) is 3.65. The molecule has 0 aromatic heterocycles. The van der Waals surface area contributed by atoms with Gasteiger partial charge in [-0.15, -0.1) is 0 Å². The molecule has 132 valence electrons. The minimum atomic E-state index is -1.02. The number of hydrogen-bond acceptors (Lipinski definition) is 5. The van der Waals surface area contributed by atoms with Crippen molar-refractivity contribution in [2.75, 3.05) is 6.61 Å². The highest BCUT2D eigenvalue weighted by Crippen LogP contribution is 2.38. The van der Waals surface area contributed by atoms with E-state index in [-0.39, 0.29) is 12.4 Å². The molecule has 0 aliphatic carbocycles. The molecule has 2 aromatic carbocycles. The van der Waals surface area contributed by atoms with E-state index in [2.05, 4.69) is 4.99 Å². The van der Waals surface area contributed by atoms with Crippen LogP contribution in [0.3, 0.4) is 0 Å². The monoisotopic (exact) mass is 385 g/mol. The quantitative estimate of drug-likeness (QED) is 0.426. The minimum absolute atomic E-state index is 0.208. The second-order valence-corrected chi connectivity index (χ2v) is 7.00. The molecule has 1 unspecified atom stereocenters. The molecule has 1 fully saturated rings. The molecule has 6 heteroatoms. The molecule has 1 heterocycles. The first-order chi connectivity index (χ1) is 12.6. The summed E-state index contributed by atoms with van der Waals surface area (Å²) in [6, 6.07) is 16.4. The second-order valence-electron chi connectivity index (χ2n) is 5.50. The molecule has 0 N–H and O–H groups in total. The molecule has 0 radical (unpaired) electrons. The maximum Gasteiger partial charge on any atom is 0.323 e. The summed E-state index contributed by atoms with van der Waals surface area (Å²) in [6.07, 6.45) is 1.77. The van der Waals surface area contributed by atoms with Gasteiger partial charge in [0.1, 0.15) is 5.04 Å². The van der Waals surface area contributed by atoms with Gasteiger partial charge in [0, 0.05) is 5.02 Å². The third kappa shape index (κ3) is 4.23. The van der Waals surface area contributed by atoms with Gasteiger partial charge in [0.05, 0.1) is 17.2 Å². The summed E-state index contributed by atoms with van der Waals surface area (Å²) in [5.41, 5.74) is 1.51. The Hall–Kier alpha value is -2.37. The summed E-state index contributed by atoms with van der Waals surface area (Å²) in [7, 11) is 0. The lowest BCUT2D eigenvalue weighted by Crippen LogP contribution is -2.27. The maximum absolute atomic E-state index is 12.8. The van der Waals surface area contributed by atoms with Crippen LogP contribution in [0.15, 0.2) is 64.5 Å². The van der Waals surface area contributed by atoms with Crippen molar-refractivity contribution in [3.63, 3.8) is 0 Å². The smallest absolute Gasteiger partial charge is 0.323 e. The van der Waals surface area contributed by atoms with Crippen LogP contribution in [0.1, 0.15) is 12.5 Å². The van der Waals surface area contributed by atoms with Crippen LogP contribution < -0.4 is 0 Å². The fourth-order valence-electron chi connectivity index (χ4n) is 2.44. The number of thioether (sulfide) groups is 1. The summed E-state index contributed by atoms with van der Waals surface area (Å²) in [6.45, 7) is 1.92. The van der Waals surface area contributed by atoms with E-state index in [0.29, 0.717) is 20.7 Å². The standard InChI is InChI=1S/C20H16ClNO3S/c1-2-25-20(24)17-18(23)16(12-13-6-4-3-5-7-13)26-19(17)22-15-10-8-14(21)9-11-15/h3-12,17H,2H2,1H3/b16-12-,22-19?. The van der Waals surface area contributed by atoms with Gasteiger partial charge in [0.15, 0.2) is 11.7 Å². The lowest BCUT2D eigenvalue weighted by atomic mass is 10.0. The topological polar surface area (TPSA) is 55.7 Å². The van der Waals surface area contributed by atoms with E-state index in [0.717, 1.165) is 5.56 Å². The summed E-state index contributed by atoms with van der Waals surface area (Å²) in [4.78, 5) is 30.1. The highest BCUT2D eigenvalue weighted by atomic mass is 35.5. The van der Waals surface area contributed by atoms with Gasteiger partial charge in [-0.3, -0.25) is 9.59 Å². The van der Waals surface area contributed by atoms with Crippen molar-refractivity contribution in [2.45, 2.75) is 6.92 Å². The molecule has 1 saturated heterocycles. The highest BCUT2D eigenvalue weighted by molar-refractivity contribution is 8.19.